The van der Waals surface area contributed by atoms with Gasteiger partial charge in [0.1, 0.15) is 17.3 Å². The number of pyridine rings is 1. The highest BCUT2D eigenvalue weighted by Crippen LogP contribution is 2.25. The number of hydrogen-bond donors (Lipinski definition) is 0. The normalized spacial score (nSPS) is 10.7. The van der Waals surface area contributed by atoms with Crippen LogP contribution in [0.15, 0.2) is 48.8 Å². The molecule has 0 atom stereocenters. The summed E-state index contributed by atoms with van der Waals surface area (Å²) < 4.78 is 20.2. The molecule has 0 unspecified atom stereocenters. The summed E-state index contributed by atoms with van der Waals surface area (Å²) in [6.45, 7) is 0. The maximum atomic E-state index is 13.9. The molecule has 3 rings (SSSR count). The average molecular weight is 270 g/mol. The number of halogens is 1. The second-order valence-corrected chi connectivity index (χ2v) is 4.25. The number of rotatable bonds is 2. The Morgan fingerprint density at radius 1 is 1.30 bits per heavy atom. The number of ether oxygens (including phenoxy) is 1. The van der Waals surface area contributed by atoms with Gasteiger partial charge in [-0.25, -0.2) is 4.39 Å². The number of carbonyl (C=O) groups excluding carboxylic acids is 1. The van der Waals surface area contributed by atoms with Crippen LogP contribution in [0.1, 0.15) is 10.5 Å². The Morgan fingerprint density at radius 2 is 2.15 bits per heavy atom. The van der Waals surface area contributed by atoms with Crippen LogP contribution in [-0.2, 0) is 0 Å². The maximum Gasteiger partial charge on any atom is 0.281 e. The molecule has 2 aromatic heterocycles. The summed E-state index contributed by atoms with van der Waals surface area (Å²) >= 11 is 0. The minimum atomic E-state index is -0.452. The van der Waals surface area contributed by atoms with Crippen LogP contribution in [0, 0.1) is 5.82 Å². The van der Waals surface area contributed by atoms with Gasteiger partial charge in [0.15, 0.2) is 0 Å². The number of fused-ring (bicyclic) bond motifs is 1. The Hall–Kier alpha value is -2.69. The number of nitrogens with zero attached hydrogens (tertiary/aromatic N) is 2. The molecular weight excluding hydrogens is 259 g/mol. The largest absolute Gasteiger partial charge is 0.497 e. The molecule has 20 heavy (non-hydrogen) atoms. The summed E-state index contributed by atoms with van der Waals surface area (Å²) in [6.07, 6.45) is 2.69. The van der Waals surface area contributed by atoms with Crippen molar-refractivity contribution < 1.29 is 13.9 Å². The molecular formula is C15H11FN2O2. The Kier molecular flexibility index (Phi) is 2.95. The van der Waals surface area contributed by atoms with Gasteiger partial charge in [0.25, 0.3) is 5.91 Å². The van der Waals surface area contributed by atoms with Gasteiger partial charge >= 0.3 is 0 Å². The van der Waals surface area contributed by atoms with Gasteiger partial charge in [-0.05, 0) is 24.3 Å². The molecule has 0 fully saturated rings. The SMILES string of the molecule is COc1ccc2c(F)cn(C(=O)c3ccccn3)c2c1. The maximum absolute atomic E-state index is 13.9. The highest BCUT2D eigenvalue weighted by atomic mass is 19.1. The summed E-state index contributed by atoms with van der Waals surface area (Å²) in [5.74, 6) is -0.273. The van der Waals surface area contributed by atoms with Gasteiger partial charge in [-0.15, -0.1) is 0 Å². The van der Waals surface area contributed by atoms with Crippen LogP contribution in [0.25, 0.3) is 10.9 Å². The van der Waals surface area contributed by atoms with Gasteiger partial charge in [0.05, 0.1) is 12.6 Å². The predicted octanol–water partition coefficient (Wildman–Crippen LogP) is 2.87. The van der Waals surface area contributed by atoms with Crippen molar-refractivity contribution in [3.63, 3.8) is 0 Å². The van der Waals surface area contributed by atoms with Crippen molar-refractivity contribution in [3.05, 3.63) is 60.3 Å². The minimum Gasteiger partial charge on any atom is -0.497 e. The monoisotopic (exact) mass is 270 g/mol. The third kappa shape index (κ3) is 1.93. The van der Waals surface area contributed by atoms with Crippen molar-refractivity contribution in [2.75, 3.05) is 7.11 Å². The van der Waals surface area contributed by atoms with E-state index in [9.17, 15) is 9.18 Å². The summed E-state index contributed by atoms with van der Waals surface area (Å²) in [6, 6.07) is 9.88. The summed E-state index contributed by atoms with van der Waals surface area (Å²) in [5.41, 5.74) is 0.713. The van der Waals surface area contributed by atoms with Crippen molar-refractivity contribution in [1.82, 2.24) is 9.55 Å². The van der Waals surface area contributed by atoms with Crippen LogP contribution in [0.5, 0.6) is 5.75 Å². The third-order valence-electron chi connectivity index (χ3n) is 3.07. The van der Waals surface area contributed by atoms with E-state index in [2.05, 4.69) is 4.98 Å². The predicted molar refractivity (Wildman–Crippen MR) is 72.4 cm³/mol. The molecule has 1 aromatic carbocycles. The first-order valence-corrected chi connectivity index (χ1v) is 6.01. The summed E-state index contributed by atoms with van der Waals surface area (Å²) in [5, 5.41) is 0.370. The van der Waals surface area contributed by atoms with E-state index in [0.29, 0.717) is 16.7 Å². The second-order valence-electron chi connectivity index (χ2n) is 4.25. The lowest BCUT2D eigenvalue weighted by atomic mass is 10.2. The zero-order chi connectivity index (χ0) is 14.1. The van der Waals surface area contributed by atoms with E-state index < -0.39 is 5.82 Å². The highest BCUT2D eigenvalue weighted by molar-refractivity contribution is 6.01. The second kappa shape index (κ2) is 4.77. The molecule has 5 heteroatoms. The molecule has 0 saturated heterocycles. The first kappa shape index (κ1) is 12.3. The van der Waals surface area contributed by atoms with Crippen LogP contribution in [-0.4, -0.2) is 22.6 Å². The molecule has 0 aliphatic carbocycles. The number of hydrogen-bond acceptors (Lipinski definition) is 3. The van der Waals surface area contributed by atoms with Crippen LogP contribution >= 0.6 is 0 Å². The lowest BCUT2D eigenvalue weighted by Gasteiger charge is -2.04. The standard InChI is InChI=1S/C15H11FN2O2/c1-20-10-5-6-11-12(16)9-18(14(11)8-10)15(19)13-4-2-3-7-17-13/h2-9H,1H3. The molecule has 0 saturated carbocycles. The van der Waals surface area contributed by atoms with Gasteiger partial charge in [0.2, 0.25) is 0 Å². The van der Waals surface area contributed by atoms with Crippen molar-refractivity contribution in [2.45, 2.75) is 0 Å². The fraction of sp³-hybridized carbons (Fsp3) is 0.0667. The number of benzene rings is 1. The molecule has 0 spiro atoms. The molecule has 0 aliphatic rings. The van der Waals surface area contributed by atoms with Gasteiger partial charge in [0, 0.05) is 23.8 Å². The molecule has 100 valence electrons. The Bertz CT molecular complexity index is 781. The topological polar surface area (TPSA) is 44.1 Å². The van der Waals surface area contributed by atoms with E-state index in [1.165, 1.54) is 24.1 Å². The molecule has 4 nitrogen and oxygen atoms in total. The van der Waals surface area contributed by atoms with Crippen molar-refractivity contribution in [2.24, 2.45) is 0 Å². The Balaban J connectivity index is 2.18. The lowest BCUT2D eigenvalue weighted by Crippen LogP contribution is -2.12. The molecule has 0 radical (unpaired) electrons. The molecule has 0 N–H and O–H groups in total. The average Bonchev–Trinajstić information content (AvgIpc) is 2.84. The van der Waals surface area contributed by atoms with E-state index in [4.69, 9.17) is 4.74 Å². The summed E-state index contributed by atoms with van der Waals surface area (Å²) in [4.78, 5) is 16.4. The van der Waals surface area contributed by atoms with Crippen LogP contribution in [0.3, 0.4) is 0 Å². The smallest absolute Gasteiger partial charge is 0.281 e. The molecule has 0 amide bonds. The quantitative estimate of drug-likeness (QED) is 0.719. The minimum absolute atomic E-state index is 0.257. The van der Waals surface area contributed by atoms with Crippen molar-refractivity contribution >= 4 is 16.8 Å². The summed E-state index contributed by atoms with van der Waals surface area (Å²) in [7, 11) is 1.52. The van der Waals surface area contributed by atoms with Crippen LogP contribution in [0.4, 0.5) is 4.39 Å². The number of carbonyl (C=O) groups is 1. The fourth-order valence-electron chi connectivity index (χ4n) is 2.07. The molecule has 3 aromatic rings. The van der Waals surface area contributed by atoms with Gasteiger partial charge in [-0.2, -0.15) is 0 Å². The first-order chi connectivity index (χ1) is 9.70. The Morgan fingerprint density at radius 3 is 2.85 bits per heavy atom. The molecule has 0 bridgehead atoms. The van der Waals surface area contributed by atoms with E-state index in [0.717, 1.165) is 0 Å². The Labute approximate surface area is 114 Å². The number of methoxy groups -OCH3 is 1. The van der Waals surface area contributed by atoms with Gasteiger partial charge in [-0.1, -0.05) is 6.07 Å². The third-order valence-corrected chi connectivity index (χ3v) is 3.07. The van der Waals surface area contributed by atoms with E-state index in [1.54, 1.807) is 36.4 Å². The van der Waals surface area contributed by atoms with E-state index in [-0.39, 0.29) is 11.6 Å². The van der Waals surface area contributed by atoms with Gasteiger partial charge < -0.3 is 4.74 Å². The van der Waals surface area contributed by atoms with Crippen molar-refractivity contribution in [3.8, 4) is 5.75 Å². The lowest BCUT2D eigenvalue weighted by molar-refractivity contribution is 0.0959. The first-order valence-electron chi connectivity index (χ1n) is 6.01. The van der Waals surface area contributed by atoms with E-state index in [1.807, 2.05) is 0 Å². The van der Waals surface area contributed by atoms with Crippen LogP contribution < -0.4 is 4.74 Å². The van der Waals surface area contributed by atoms with Gasteiger partial charge in [-0.3, -0.25) is 14.3 Å². The highest BCUT2D eigenvalue weighted by Gasteiger charge is 2.16. The fourth-order valence-corrected chi connectivity index (χ4v) is 2.07. The molecule has 2 heterocycles. The molecule has 0 aliphatic heterocycles. The van der Waals surface area contributed by atoms with E-state index >= 15 is 0 Å². The van der Waals surface area contributed by atoms with Crippen LogP contribution in [0.2, 0.25) is 0 Å². The zero-order valence-corrected chi connectivity index (χ0v) is 10.7. The zero-order valence-electron chi connectivity index (χ0n) is 10.7. The van der Waals surface area contributed by atoms with Crippen molar-refractivity contribution in [1.29, 1.82) is 0 Å². The number of aromatic nitrogens is 2.